The van der Waals surface area contributed by atoms with E-state index >= 15 is 0 Å². The van der Waals surface area contributed by atoms with E-state index in [1.54, 1.807) is 6.92 Å². The van der Waals surface area contributed by atoms with Gasteiger partial charge in [-0.15, -0.1) is 0 Å². The third-order valence-corrected chi connectivity index (χ3v) is 4.07. The number of ketones is 3. The summed E-state index contributed by atoms with van der Waals surface area (Å²) in [6, 6.07) is -0.386. The molecule has 3 N–H and O–H groups in total. The van der Waals surface area contributed by atoms with Crippen LogP contribution >= 0.6 is 0 Å². The largest absolute Gasteiger partial charge is 0.388 e. The molecule has 5 heteroatoms. The second-order valence-corrected chi connectivity index (χ2v) is 7.00. The minimum Gasteiger partial charge on any atom is -0.388 e. The highest BCUT2D eigenvalue weighted by molar-refractivity contribution is 6.22. The molecule has 5 nitrogen and oxygen atoms in total. The van der Waals surface area contributed by atoms with Crippen LogP contribution in [-0.2, 0) is 14.4 Å². The van der Waals surface area contributed by atoms with E-state index in [2.05, 4.69) is 5.32 Å². The van der Waals surface area contributed by atoms with Crippen molar-refractivity contribution in [1.29, 1.82) is 0 Å². The van der Waals surface area contributed by atoms with E-state index in [1.807, 2.05) is 13.8 Å². The molecule has 1 unspecified atom stereocenters. The molecule has 0 aromatic carbocycles. The lowest BCUT2D eigenvalue weighted by Crippen LogP contribution is -2.34. The Hall–Kier alpha value is -1.49. The molecule has 1 fully saturated rings. The average Bonchev–Trinajstić information content (AvgIpc) is 2.35. The Morgan fingerprint density at radius 3 is 2.23 bits per heavy atom. The van der Waals surface area contributed by atoms with Gasteiger partial charge in [0.25, 0.3) is 0 Å². The van der Waals surface area contributed by atoms with Crippen molar-refractivity contribution in [2.75, 3.05) is 6.54 Å². The number of nitrogens with two attached hydrogens (primary N) is 1. The van der Waals surface area contributed by atoms with Gasteiger partial charge in [-0.3, -0.25) is 14.4 Å². The number of unbranched alkanes of at least 4 members (excludes halogenated alkanes) is 1. The predicted octanol–water partition coefficient (Wildman–Crippen LogP) is 1.89. The molecule has 0 bridgehead atoms. The Morgan fingerprint density at radius 1 is 1.18 bits per heavy atom. The Labute approximate surface area is 132 Å². The van der Waals surface area contributed by atoms with Crippen LogP contribution in [0.25, 0.3) is 0 Å². The predicted molar refractivity (Wildman–Crippen MR) is 86.2 cm³/mol. The molecular weight excluding hydrogens is 280 g/mol. The van der Waals surface area contributed by atoms with Gasteiger partial charge in [0.2, 0.25) is 0 Å². The van der Waals surface area contributed by atoms with Gasteiger partial charge in [0.05, 0.1) is 11.6 Å². The van der Waals surface area contributed by atoms with E-state index in [9.17, 15) is 14.4 Å². The molecule has 1 saturated carbocycles. The van der Waals surface area contributed by atoms with Gasteiger partial charge >= 0.3 is 0 Å². The van der Waals surface area contributed by atoms with E-state index in [-0.39, 0.29) is 28.8 Å². The topological polar surface area (TPSA) is 89.3 Å². The summed E-state index contributed by atoms with van der Waals surface area (Å²) in [5.74, 6) is -0.123. The van der Waals surface area contributed by atoms with Crippen molar-refractivity contribution in [3.8, 4) is 0 Å². The second-order valence-electron chi connectivity index (χ2n) is 7.00. The second kappa shape index (κ2) is 7.68. The molecule has 0 saturated heterocycles. The van der Waals surface area contributed by atoms with Crippen molar-refractivity contribution in [2.45, 2.75) is 65.8 Å². The summed E-state index contributed by atoms with van der Waals surface area (Å²) in [5, 5.41) is 3.16. The maximum absolute atomic E-state index is 12.1. The molecule has 1 aliphatic carbocycles. The molecule has 1 aliphatic rings. The first-order valence-electron chi connectivity index (χ1n) is 7.91. The maximum Gasteiger partial charge on any atom is 0.168 e. The van der Waals surface area contributed by atoms with Gasteiger partial charge in [-0.1, -0.05) is 13.8 Å². The van der Waals surface area contributed by atoms with Crippen LogP contribution in [0.3, 0.4) is 0 Å². The van der Waals surface area contributed by atoms with Crippen LogP contribution in [-0.4, -0.2) is 29.9 Å². The zero-order valence-electron chi connectivity index (χ0n) is 14.1. The zero-order chi connectivity index (χ0) is 16.9. The Bertz CT molecular complexity index is 470. The van der Waals surface area contributed by atoms with Gasteiger partial charge in [0.15, 0.2) is 11.6 Å². The normalized spacial score (nSPS) is 19.0. The number of carbonyl (C=O) groups excluding carboxylic acids is 3. The summed E-state index contributed by atoms with van der Waals surface area (Å²) >= 11 is 0. The van der Waals surface area contributed by atoms with E-state index in [0.29, 0.717) is 37.1 Å². The fourth-order valence-electron chi connectivity index (χ4n) is 2.74. The highest BCUT2D eigenvalue weighted by atomic mass is 16.2. The summed E-state index contributed by atoms with van der Waals surface area (Å²) < 4.78 is 0. The smallest absolute Gasteiger partial charge is 0.168 e. The van der Waals surface area contributed by atoms with Crippen molar-refractivity contribution in [3.63, 3.8) is 0 Å². The van der Waals surface area contributed by atoms with Gasteiger partial charge in [-0.05, 0) is 38.5 Å². The maximum atomic E-state index is 12.1. The van der Waals surface area contributed by atoms with Crippen LogP contribution in [0.15, 0.2) is 11.3 Å². The van der Waals surface area contributed by atoms with Crippen molar-refractivity contribution in [2.24, 2.45) is 11.1 Å². The Morgan fingerprint density at radius 2 is 1.73 bits per heavy atom. The summed E-state index contributed by atoms with van der Waals surface area (Å²) in [7, 11) is 0. The number of carbonyl (C=O) groups is 3. The van der Waals surface area contributed by atoms with Gasteiger partial charge in [0.1, 0.15) is 5.78 Å². The van der Waals surface area contributed by atoms with Gasteiger partial charge in [0, 0.05) is 25.1 Å². The first kappa shape index (κ1) is 18.6. The fourth-order valence-corrected chi connectivity index (χ4v) is 2.74. The van der Waals surface area contributed by atoms with Crippen LogP contribution in [0.5, 0.6) is 0 Å². The number of hydrogen-bond donors (Lipinski definition) is 2. The van der Waals surface area contributed by atoms with Crippen LogP contribution in [0.2, 0.25) is 0 Å². The molecule has 0 aliphatic heterocycles. The van der Waals surface area contributed by atoms with Gasteiger partial charge in [-0.2, -0.15) is 0 Å². The van der Waals surface area contributed by atoms with Crippen LogP contribution in [0, 0.1) is 5.41 Å². The lowest BCUT2D eigenvalue weighted by Gasteiger charge is -2.29. The minimum atomic E-state index is -0.386. The summed E-state index contributed by atoms with van der Waals surface area (Å²) in [6.07, 6.45) is 3.19. The third-order valence-electron chi connectivity index (χ3n) is 4.07. The third kappa shape index (κ3) is 5.37. The highest BCUT2D eigenvalue weighted by Gasteiger charge is 2.36. The number of nitrogens with one attached hydrogen (secondary N) is 1. The molecular formula is C17H28N2O3. The number of rotatable bonds is 7. The average molecular weight is 308 g/mol. The number of hydrogen-bond acceptors (Lipinski definition) is 5. The van der Waals surface area contributed by atoms with E-state index < -0.39 is 0 Å². The molecule has 1 rings (SSSR count). The van der Waals surface area contributed by atoms with Crippen LogP contribution < -0.4 is 11.1 Å². The molecule has 22 heavy (non-hydrogen) atoms. The standard InChI is InChI=1S/C17H28N2O3/c1-11(19-8-6-5-7-13(18)12(2)20)16-14(21)9-17(3,4)10-15(16)22/h13,19H,5-10,18H2,1-4H3. The van der Waals surface area contributed by atoms with Crippen LogP contribution in [0.4, 0.5) is 0 Å². The lowest BCUT2D eigenvalue weighted by molar-refractivity contribution is -0.127. The molecule has 124 valence electrons. The van der Waals surface area contributed by atoms with Crippen molar-refractivity contribution in [3.05, 3.63) is 11.3 Å². The summed E-state index contributed by atoms with van der Waals surface area (Å²) in [6.45, 7) is 7.84. The van der Waals surface area contributed by atoms with E-state index in [0.717, 1.165) is 12.8 Å². The Balaban J connectivity index is 2.47. The van der Waals surface area contributed by atoms with Gasteiger partial charge < -0.3 is 11.1 Å². The van der Waals surface area contributed by atoms with Crippen molar-refractivity contribution in [1.82, 2.24) is 5.32 Å². The molecule has 0 radical (unpaired) electrons. The zero-order valence-corrected chi connectivity index (χ0v) is 14.1. The van der Waals surface area contributed by atoms with Crippen LogP contribution in [0.1, 0.15) is 59.8 Å². The molecule has 0 spiro atoms. The molecule has 0 heterocycles. The Kier molecular flexibility index (Phi) is 6.48. The highest BCUT2D eigenvalue weighted by Crippen LogP contribution is 2.34. The van der Waals surface area contributed by atoms with E-state index in [1.165, 1.54) is 6.92 Å². The van der Waals surface area contributed by atoms with E-state index in [4.69, 9.17) is 5.73 Å². The summed E-state index contributed by atoms with van der Waals surface area (Å²) in [5.41, 5.74) is 6.43. The first-order valence-corrected chi connectivity index (χ1v) is 7.91. The van der Waals surface area contributed by atoms with Crippen molar-refractivity contribution < 1.29 is 14.4 Å². The van der Waals surface area contributed by atoms with Gasteiger partial charge in [-0.25, -0.2) is 0 Å². The lowest BCUT2D eigenvalue weighted by atomic mass is 9.73. The first-order chi connectivity index (χ1) is 10.1. The minimum absolute atomic E-state index is 0.00673. The van der Waals surface area contributed by atoms with Crippen molar-refractivity contribution >= 4 is 17.3 Å². The molecule has 0 aromatic rings. The molecule has 1 atom stereocenters. The number of allylic oxidation sites excluding steroid dienone is 2. The number of Topliss-reactive ketones (excluding diaryl/α,β-unsaturated/α-hetero) is 3. The molecule has 0 aromatic heterocycles. The monoisotopic (exact) mass is 308 g/mol. The molecule has 0 amide bonds. The summed E-state index contributed by atoms with van der Waals surface area (Å²) in [4.78, 5) is 35.3. The fraction of sp³-hybridized carbons (Fsp3) is 0.706. The quantitative estimate of drug-likeness (QED) is 0.426. The SMILES string of the molecule is CC(=O)C(N)CCCCNC(C)=C1C(=O)CC(C)(C)CC1=O.